The molecule has 0 amide bonds. The zero-order chi connectivity index (χ0) is 21.1. The number of hydrogen-bond donors (Lipinski definition) is 2. The molecule has 0 fully saturated rings. The van der Waals surface area contributed by atoms with Crippen molar-refractivity contribution in [1.29, 1.82) is 0 Å². The highest BCUT2D eigenvalue weighted by atomic mass is 31.2. The molecule has 28 heavy (non-hydrogen) atoms. The third kappa shape index (κ3) is 17.1. The van der Waals surface area contributed by atoms with E-state index in [2.05, 4.69) is 16.2 Å². The van der Waals surface area contributed by atoms with E-state index in [0.717, 1.165) is 19.3 Å². The summed E-state index contributed by atoms with van der Waals surface area (Å²) in [4.78, 5) is 31.7. The van der Waals surface area contributed by atoms with E-state index in [1.54, 1.807) is 0 Å². The average molecular weight is 425 g/mol. The topological polar surface area (TPSA) is 134 Å². The minimum absolute atomic E-state index is 0.0549. The van der Waals surface area contributed by atoms with Gasteiger partial charge in [0.05, 0.1) is 13.2 Å². The predicted octanol–water partition coefficient (Wildman–Crippen LogP) is 3.08. The lowest BCUT2D eigenvalue weighted by Gasteiger charge is -2.18. The van der Waals surface area contributed by atoms with Crippen LogP contribution in [-0.2, 0) is 32.7 Å². The molecule has 0 rings (SSSR count). The summed E-state index contributed by atoms with van der Waals surface area (Å²) in [5.41, 5.74) is 5.19. The van der Waals surface area contributed by atoms with Crippen LogP contribution in [0.1, 0.15) is 71.1 Å². The maximum Gasteiger partial charge on any atom is 0.472 e. The molecule has 0 radical (unpaired) electrons. The van der Waals surface area contributed by atoms with Crippen LogP contribution in [0.25, 0.3) is 0 Å². The Bertz CT molecular complexity index is 449. The van der Waals surface area contributed by atoms with Crippen LogP contribution in [-0.4, -0.2) is 49.8 Å². The molecule has 0 aromatic carbocycles. The summed E-state index contributed by atoms with van der Waals surface area (Å²) in [6.07, 6.45) is 9.42. The minimum Gasteiger partial charge on any atom is -0.464 e. The molecule has 2 atom stereocenters. The summed E-state index contributed by atoms with van der Waals surface area (Å²) in [5.74, 6) is -0.471. The Balaban J connectivity index is 4.02. The molecule has 0 saturated carbocycles. The quantitative estimate of drug-likeness (QED) is 0.131. The van der Waals surface area contributed by atoms with E-state index in [9.17, 15) is 19.0 Å². The number of carbonyl (C=O) groups excluding carboxylic acids is 2. The summed E-state index contributed by atoms with van der Waals surface area (Å²) in [6, 6.07) is 0. The van der Waals surface area contributed by atoms with Crippen molar-refractivity contribution in [2.75, 3.05) is 26.4 Å². The van der Waals surface area contributed by atoms with Crippen LogP contribution in [0.15, 0.2) is 0 Å². The highest BCUT2D eigenvalue weighted by Gasteiger charge is 2.25. The summed E-state index contributed by atoms with van der Waals surface area (Å²) >= 11 is 0. The second-order valence-corrected chi connectivity index (χ2v) is 7.96. The lowest BCUT2D eigenvalue weighted by Crippen LogP contribution is -2.28. The molecule has 166 valence electrons. The van der Waals surface area contributed by atoms with Gasteiger partial charge in [-0.1, -0.05) is 58.3 Å². The van der Waals surface area contributed by atoms with Gasteiger partial charge < -0.3 is 20.1 Å². The van der Waals surface area contributed by atoms with Gasteiger partial charge in [0.15, 0.2) is 6.10 Å². The van der Waals surface area contributed by atoms with Gasteiger partial charge in [-0.3, -0.25) is 18.6 Å². The lowest BCUT2D eigenvalue weighted by molar-refractivity contribution is -0.157. The Kier molecular flexibility index (Phi) is 17.4. The van der Waals surface area contributed by atoms with Crippen molar-refractivity contribution >= 4 is 20.3 Å². The van der Waals surface area contributed by atoms with Gasteiger partial charge in [-0.2, -0.15) is 0 Å². The molecule has 1 unspecified atom stereocenters. The second kappa shape index (κ2) is 18.1. The number of unbranched alkanes of at least 4 members (excludes halogenated alkanes) is 8. The molecule has 9 nitrogen and oxygen atoms in total. The smallest absolute Gasteiger partial charge is 0.464 e. The molecular formula is C18H36NO8P. The summed E-state index contributed by atoms with van der Waals surface area (Å²) < 4.78 is 30.7. The Labute approximate surface area is 167 Å². The van der Waals surface area contributed by atoms with Crippen molar-refractivity contribution in [3.63, 3.8) is 0 Å². The predicted molar refractivity (Wildman–Crippen MR) is 105 cm³/mol. The molecule has 0 heterocycles. The second-order valence-electron chi connectivity index (χ2n) is 6.51. The van der Waals surface area contributed by atoms with Crippen molar-refractivity contribution < 1.29 is 37.6 Å². The first-order chi connectivity index (χ1) is 13.4. The first-order valence-corrected chi connectivity index (χ1v) is 11.5. The Morgan fingerprint density at radius 2 is 1.64 bits per heavy atom. The maximum atomic E-state index is 11.9. The Morgan fingerprint density at radius 1 is 1.04 bits per heavy atom. The van der Waals surface area contributed by atoms with Crippen LogP contribution in [0, 0.1) is 0 Å². The summed E-state index contributed by atoms with van der Waals surface area (Å²) in [6.45, 7) is 1.59. The van der Waals surface area contributed by atoms with Gasteiger partial charge in [0.25, 0.3) is 6.47 Å². The van der Waals surface area contributed by atoms with Crippen molar-refractivity contribution in [1.82, 2.24) is 0 Å². The minimum atomic E-state index is -4.30. The zero-order valence-corrected chi connectivity index (χ0v) is 17.8. The molecule has 0 spiro atoms. The largest absolute Gasteiger partial charge is 0.472 e. The number of phosphoric acid groups is 1. The first-order valence-electron chi connectivity index (χ1n) is 10.0. The average Bonchev–Trinajstić information content (AvgIpc) is 2.67. The highest BCUT2D eigenvalue weighted by molar-refractivity contribution is 7.47. The fourth-order valence-corrected chi connectivity index (χ4v) is 3.24. The molecule has 0 aliphatic carbocycles. The molecular weight excluding hydrogens is 389 g/mol. The highest BCUT2D eigenvalue weighted by Crippen LogP contribution is 2.43. The number of carbonyl (C=O) groups is 2. The van der Waals surface area contributed by atoms with E-state index in [0.29, 0.717) is 6.42 Å². The van der Waals surface area contributed by atoms with Crippen molar-refractivity contribution in [3.8, 4) is 0 Å². The molecule has 0 aromatic rings. The fourth-order valence-electron chi connectivity index (χ4n) is 2.47. The standard InChI is InChI=1S/C18H36NO8P/c1-2-3-4-5-6-7-8-9-10-11-18(21)27-17(14-24-16-20)15-26-28(22,23)25-13-12-19/h16-17H,2-15,19H2,1H3,(H,22,23)/t17-/m1/s1. The van der Waals surface area contributed by atoms with Crippen molar-refractivity contribution in [2.24, 2.45) is 5.73 Å². The van der Waals surface area contributed by atoms with Crippen LogP contribution < -0.4 is 5.73 Å². The van der Waals surface area contributed by atoms with E-state index in [1.807, 2.05) is 0 Å². The van der Waals surface area contributed by atoms with E-state index < -0.39 is 26.5 Å². The summed E-state index contributed by atoms with van der Waals surface area (Å²) in [7, 11) is -4.30. The van der Waals surface area contributed by atoms with Crippen LogP contribution in [0.2, 0.25) is 0 Å². The number of rotatable bonds is 20. The van der Waals surface area contributed by atoms with E-state index in [4.69, 9.17) is 15.0 Å². The number of hydrogen-bond acceptors (Lipinski definition) is 8. The molecule has 10 heteroatoms. The molecule has 0 bridgehead atoms. The van der Waals surface area contributed by atoms with Gasteiger partial charge in [-0.15, -0.1) is 0 Å². The number of esters is 1. The zero-order valence-electron chi connectivity index (χ0n) is 16.9. The van der Waals surface area contributed by atoms with Crippen LogP contribution >= 0.6 is 7.82 Å². The normalized spacial score (nSPS) is 14.2. The SMILES string of the molecule is CCCCCCCCCCCC(=O)O[C@H](COC=O)COP(=O)(O)OCCN. The molecule has 0 aliphatic heterocycles. The van der Waals surface area contributed by atoms with Gasteiger partial charge in [0.1, 0.15) is 6.61 Å². The summed E-state index contributed by atoms with van der Waals surface area (Å²) in [5, 5.41) is 0. The monoisotopic (exact) mass is 425 g/mol. The van der Waals surface area contributed by atoms with Gasteiger partial charge >= 0.3 is 13.8 Å². The lowest BCUT2D eigenvalue weighted by atomic mass is 10.1. The number of ether oxygens (including phenoxy) is 2. The van der Waals surface area contributed by atoms with Gasteiger partial charge in [0.2, 0.25) is 0 Å². The van der Waals surface area contributed by atoms with Gasteiger partial charge in [-0.05, 0) is 6.42 Å². The Morgan fingerprint density at radius 3 is 2.21 bits per heavy atom. The van der Waals surface area contributed by atoms with Gasteiger partial charge in [0, 0.05) is 13.0 Å². The van der Waals surface area contributed by atoms with E-state index >= 15 is 0 Å². The van der Waals surface area contributed by atoms with Crippen LogP contribution in [0.5, 0.6) is 0 Å². The van der Waals surface area contributed by atoms with Gasteiger partial charge in [-0.25, -0.2) is 4.57 Å². The number of nitrogens with two attached hydrogens (primary N) is 1. The maximum absolute atomic E-state index is 11.9. The third-order valence-electron chi connectivity index (χ3n) is 3.93. The van der Waals surface area contributed by atoms with E-state index in [1.165, 1.54) is 32.1 Å². The number of phosphoric ester groups is 1. The Hall–Kier alpha value is -0.990. The van der Waals surface area contributed by atoms with Crippen LogP contribution in [0.4, 0.5) is 0 Å². The fraction of sp³-hybridized carbons (Fsp3) is 0.889. The van der Waals surface area contributed by atoms with E-state index in [-0.39, 0.29) is 32.7 Å². The molecule has 0 saturated heterocycles. The molecule has 0 aliphatic rings. The molecule has 0 aromatic heterocycles. The first kappa shape index (κ1) is 27.0. The van der Waals surface area contributed by atoms with Crippen molar-refractivity contribution in [3.05, 3.63) is 0 Å². The third-order valence-corrected chi connectivity index (χ3v) is 4.91. The molecule has 3 N–H and O–H groups in total. The van der Waals surface area contributed by atoms with Crippen molar-refractivity contribution in [2.45, 2.75) is 77.2 Å². The van der Waals surface area contributed by atoms with Crippen LogP contribution in [0.3, 0.4) is 0 Å².